The molecule has 0 heterocycles. The third kappa shape index (κ3) is 2.54. The molecule has 0 aromatic rings. The number of aliphatic hydroxyl groups is 1. The summed E-state index contributed by atoms with van der Waals surface area (Å²) in [5.74, 6) is -0.959. The number of aliphatic hydroxyl groups excluding tert-OH is 1. The average molecular weight is 119 g/mol. The van der Waals surface area contributed by atoms with Crippen LogP contribution in [0.5, 0.6) is 0 Å². The van der Waals surface area contributed by atoms with Gasteiger partial charge < -0.3 is 10.2 Å². The molecule has 0 saturated carbocycles. The summed E-state index contributed by atoms with van der Waals surface area (Å²) in [6, 6.07) is -0.667. The number of carboxylic acid groups (broad SMARTS) is 1. The summed E-state index contributed by atoms with van der Waals surface area (Å²) < 4.78 is 0. The number of hydrogen-bond acceptors (Lipinski definition) is 3. The van der Waals surface area contributed by atoms with Crippen LogP contribution in [0.1, 0.15) is 6.92 Å². The van der Waals surface area contributed by atoms with Gasteiger partial charge in [0.1, 0.15) is 6.04 Å². The van der Waals surface area contributed by atoms with E-state index in [1.54, 1.807) is 0 Å². The van der Waals surface area contributed by atoms with Crippen LogP contribution in [0.3, 0.4) is 0 Å². The fourth-order valence-electron chi connectivity index (χ4n) is 0.224. The molecule has 0 aromatic carbocycles. The van der Waals surface area contributed by atoms with Crippen molar-refractivity contribution >= 4 is 5.97 Å². The van der Waals surface area contributed by atoms with Crippen LogP contribution < -0.4 is 5.32 Å². The number of hydrogen-bond donors (Lipinski definition) is 3. The van der Waals surface area contributed by atoms with Crippen molar-refractivity contribution in [3.05, 3.63) is 0 Å². The van der Waals surface area contributed by atoms with E-state index >= 15 is 0 Å². The second-order valence-corrected chi connectivity index (χ2v) is 1.42. The Bertz CT molecular complexity index is 83.4. The van der Waals surface area contributed by atoms with Gasteiger partial charge in [0, 0.05) is 0 Å². The third-order valence-electron chi connectivity index (χ3n) is 0.768. The monoisotopic (exact) mass is 119 g/mol. The van der Waals surface area contributed by atoms with Gasteiger partial charge in [0.2, 0.25) is 0 Å². The van der Waals surface area contributed by atoms with Gasteiger partial charge in [-0.2, -0.15) is 0 Å². The molecule has 0 amide bonds. The van der Waals surface area contributed by atoms with Crippen molar-refractivity contribution in [3.8, 4) is 0 Å². The van der Waals surface area contributed by atoms with E-state index in [1.807, 2.05) is 0 Å². The molecular weight excluding hydrogens is 110 g/mol. The van der Waals surface area contributed by atoms with E-state index in [0.717, 1.165) is 0 Å². The highest BCUT2D eigenvalue weighted by molar-refractivity contribution is 5.72. The van der Waals surface area contributed by atoms with E-state index < -0.39 is 12.0 Å². The summed E-state index contributed by atoms with van der Waals surface area (Å²) in [6.45, 7) is 1.16. The Hall–Kier alpha value is -0.610. The van der Waals surface area contributed by atoms with E-state index in [9.17, 15) is 4.79 Å². The van der Waals surface area contributed by atoms with E-state index in [2.05, 4.69) is 5.32 Å². The molecule has 0 aliphatic heterocycles. The molecule has 0 aromatic heterocycles. The van der Waals surface area contributed by atoms with Crippen LogP contribution in [-0.2, 0) is 4.79 Å². The molecule has 1 atom stereocenters. The van der Waals surface area contributed by atoms with Crippen molar-refractivity contribution in [1.29, 1.82) is 0 Å². The quantitative estimate of drug-likeness (QED) is 0.417. The summed E-state index contributed by atoms with van der Waals surface area (Å²) in [4.78, 5) is 9.92. The second kappa shape index (κ2) is 3.40. The first kappa shape index (κ1) is 7.39. The number of rotatable bonds is 3. The Balaban J connectivity index is 3.32. The van der Waals surface area contributed by atoms with E-state index in [0.29, 0.717) is 0 Å². The fraction of sp³-hybridized carbons (Fsp3) is 0.750. The zero-order chi connectivity index (χ0) is 6.57. The van der Waals surface area contributed by atoms with Crippen molar-refractivity contribution in [2.45, 2.75) is 13.0 Å². The molecule has 1 unspecified atom stereocenters. The van der Waals surface area contributed by atoms with Crippen LogP contribution in [0.4, 0.5) is 0 Å². The lowest BCUT2D eigenvalue weighted by molar-refractivity contribution is -0.139. The van der Waals surface area contributed by atoms with Gasteiger partial charge in [-0.25, -0.2) is 0 Å². The predicted molar refractivity (Wildman–Crippen MR) is 27.3 cm³/mol. The van der Waals surface area contributed by atoms with Crippen molar-refractivity contribution in [2.24, 2.45) is 0 Å². The Kier molecular flexibility index (Phi) is 3.14. The molecule has 0 fully saturated rings. The van der Waals surface area contributed by atoms with Crippen LogP contribution in [0.15, 0.2) is 0 Å². The zero-order valence-electron chi connectivity index (χ0n) is 4.59. The Labute approximate surface area is 47.1 Å². The van der Waals surface area contributed by atoms with Gasteiger partial charge in [0.25, 0.3) is 0 Å². The lowest BCUT2D eigenvalue weighted by Crippen LogP contribution is -2.34. The first-order chi connectivity index (χ1) is 3.68. The molecule has 0 radical (unpaired) electrons. The molecule has 0 aliphatic carbocycles. The fourth-order valence-corrected chi connectivity index (χ4v) is 0.224. The van der Waals surface area contributed by atoms with Gasteiger partial charge in [0.15, 0.2) is 0 Å². The van der Waals surface area contributed by atoms with E-state index in [4.69, 9.17) is 10.2 Å². The molecule has 48 valence electrons. The minimum absolute atomic E-state index is 0.298. The maximum atomic E-state index is 9.92. The molecule has 0 spiro atoms. The lowest BCUT2D eigenvalue weighted by atomic mass is 10.4. The van der Waals surface area contributed by atoms with Gasteiger partial charge in [-0.05, 0) is 6.92 Å². The first-order valence-electron chi connectivity index (χ1n) is 2.25. The normalized spacial score (nSPS) is 13.2. The predicted octanol–water partition coefficient (Wildman–Crippen LogP) is -1.00. The highest BCUT2D eigenvalue weighted by Crippen LogP contribution is 1.76. The maximum Gasteiger partial charge on any atom is 0.320 e. The molecule has 8 heavy (non-hydrogen) atoms. The van der Waals surface area contributed by atoms with Crippen LogP contribution in [-0.4, -0.2) is 29.0 Å². The first-order valence-corrected chi connectivity index (χ1v) is 2.25. The highest BCUT2D eigenvalue weighted by Gasteiger charge is 2.06. The minimum Gasteiger partial charge on any atom is -0.480 e. The molecule has 0 saturated heterocycles. The smallest absolute Gasteiger partial charge is 0.320 e. The molecule has 4 heteroatoms. The topological polar surface area (TPSA) is 69.6 Å². The summed E-state index contributed by atoms with van der Waals surface area (Å²) in [6.07, 6.45) is 0. The van der Waals surface area contributed by atoms with Crippen LogP contribution in [0.25, 0.3) is 0 Å². The number of carbonyl (C=O) groups is 1. The average Bonchev–Trinajstić information content (AvgIpc) is 1.67. The van der Waals surface area contributed by atoms with Gasteiger partial charge in [-0.15, -0.1) is 0 Å². The van der Waals surface area contributed by atoms with E-state index in [-0.39, 0.29) is 6.73 Å². The Morgan fingerprint density at radius 2 is 2.38 bits per heavy atom. The van der Waals surface area contributed by atoms with Crippen molar-refractivity contribution in [3.63, 3.8) is 0 Å². The van der Waals surface area contributed by atoms with Crippen LogP contribution in [0.2, 0.25) is 0 Å². The third-order valence-corrected chi connectivity index (χ3v) is 0.768. The molecule has 3 N–H and O–H groups in total. The van der Waals surface area contributed by atoms with Gasteiger partial charge >= 0.3 is 5.97 Å². The summed E-state index contributed by atoms with van der Waals surface area (Å²) >= 11 is 0. The maximum absolute atomic E-state index is 9.92. The molecular formula is C4H9NO3. The highest BCUT2D eigenvalue weighted by atomic mass is 16.4. The molecule has 4 nitrogen and oxygen atoms in total. The van der Waals surface area contributed by atoms with Gasteiger partial charge in [-0.3, -0.25) is 10.1 Å². The number of carboxylic acids is 1. The van der Waals surface area contributed by atoms with Crippen LogP contribution >= 0.6 is 0 Å². The zero-order valence-corrected chi connectivity index (χ0v) is 4.59. The molecule has 0 bridgehead atoms. The van der Waals surface area contributed by atoms with Crippen molar-refractivity contribution in [1.82, 2.24) is 5.32 Å². The van der Waals surface area contributed by atoms with Gasteiger partial charge in [-0.1, -0.05) is 0 Å². The summed E-state index contributed by atoms with van der Waals surface area (Å²) in [7, 11) is 0. The van der Waals surface area contributed by atoms with Gasteiger partial charge in [0.05, 0.1) is 6.73 Å². The second-order valence-electron chi connectivity index (χ2n) is 1.42. The van der Waals surface area contributed by atoms with Crippen molar-refractivity contribution < 1.29 is 15.0 Å². The largest absolute Gasteiger partial charge is 0.480 e. The Morgan fingerprint density at radius 1 is 1.88 bits per heavy atom. The molecule has 0 aliphatic rings. The molecule has 0 rings (SSSR count). The Morgan fingerprint density at radius 3 is 2.50 bits per heavy atom. The standard InChI is InChI=1S/C4H9NO3/c1-3(4(7)8)5-2-6/h3,5-6H,2H2,1H3,(H,7,8). The minimum atomic E-state index is -0.959. The van der Waals surface area contributed by atoms with Crippen molar-refractivity contribution in [2.75, 3.05) is 6.73 Å². The summed E-state index contributed by atoms with van der Waals surface area (Å²) in [5, 5.41) is 18.6. The lowest BCUT2D eigenvalue weighted by Gasteiger charge is -2.03. The van der Waals surface area contributed by atoms with Crippen LogP contribution in [0, 0.1) is 0 Å². The SMILES string of the molecule is CC(NCO)C(=O)O. The summed E-state index contributed by atoms with van der Waals surface area (Å²) in [5.41, 5.74) is 0. The van der Waals surface area contributed by atoms with E-state index in [1.165, 1.54) is 6.92 Å². The number of aliphatic carboxylic acids is 1. The number of nitrogens with one attached hydrogen (secondary N) is 1.